The molecule has 0 spiro atoms. The average molecular weight is 477 g/mol. The quantitative estimate of drug-likeness (QED) is 0.449. The number of fused-ring (bicyclic) bond motifs is 1. The molecule has 1 amide bonds. The Balaban J connectivity index is 1.44. The molecule has 1 N–H and O–H groups in total. The topological polar surface area (TPSA) is 67.2 Å². The maximum atomic E-state index is 13.5. The van der Waals surface area contributed by atoms with Gasteiger partial charge in [-0.3, -0.25) is 14.2 Å². The first-order valence-electron chi connectivity index (χ1n) is 11.3. The van der Waals surface area contributed by atoms with Crippen molar-refractivity contribution >= 4 is 39.1 Å². The zero-order valence-electron chi connectivity index (χ0n) is 18.8. The van der Waals surface area contributed by atoms with Gasteiger partial charge in [-0.2, -0.15) is 0 Å². The molecule has 4 aromatic rings. The summed E-state index contributed by atoms with van der Waals surface area (Å²) in [7, 11) is 0. The first-order chi connectivity index (χ1) is 16.5. The number of amides is 1. The molecule has 0 bridgehead atoms. The number of rotatable bonds is 5. The summed E-state index contributed by atoms with van der Waals surface area (Å²) in [5.41, 5.74) is 3.23. The van der Waals surface area contributed by atoms with E-state index in [2.05, 4.69) is 5.32 Å². The van der Waals surface area contributed by atoms with Gasteiger partial charge in [0.05, 0.1) is 18.0 Å². The first kappa shape index (κ1) is 22.3. The Morgan fingerprint density at radius 1 is 1.21 bits per heavy atom. The van der Waals surface area contributed by atoms with Gasteiger partial charge >= 0.3 is 0 Å². The van der Waals surface area contributed by atoms with Crippen LogP contribution in [-0.4, -0.2) is 28.5 Å². The number of hydrogen-bond donors (Lipinski definition) is 1. The van der Waals surface area contributed by atoms with Crippen molar-refractivity contribution in [2.45, 2.75) is 26.3 Å². The van der Waals surface area contributed by atoms with Gasteiger partial charge in [0, 0.05) is 18.8 Å². The molecule has 1 aliphatic rings. The second-order valence-corrected chi connectivity index (χ2v) is 9.62. The van der Waals surface area contributed by atoms with Crippen molar-refractivity contribution in [2.24, 2.45) is 5.92 Å². The summed E-state index contributed by atoms with van der Waals surface area (Å²) in [6.45, 7) is 3.59. The van der Waals surface area contributed by atoms with E-state index in [1.54, 1.807) is 16.7 Å². The summed E-state index contributed by atoms with van der Waals surface area (Å²) >= 11 is 1.40. The van der Waals surface area contributed by atoms with E-state index >= 15 is 0 Å². The fourth-order valence-electron chi connectivity index (χ4n) is 4.38. The van der Waals surface area contributed by atoms with E-state index in [1.165, 1.54) is 23.5 Å². The number of nitrogens with zero attached hydrogens (tertiary/aromatic N) is 3. The number of piperidine rings is 1. The van der Waals surface area contributed by atoms with Crippen LogP contribution in [0.5, 0.6) is 0 Å². The molecule has 0 saturated carbocycles. The fraction of sp³-hybridized carbons (Fsp3) is 0.269. The molecule has 0 aliphatic carbocycles. The van der Waals surface area contributed by atoms with Gasteiger partial charge in [0.2, 0.25) is 11.9 Å². The Morgan fingerprint density at radius 3 is 2.82 bits per heavy atom. The number of carbonyl (C=O) groups is 1. The Kier molecular flexibility index (Phi) is 6.15. The lowest BCUT2D eigenvalue weighted by atomic mass is 9.97. The van der Waals surface area contributed by atoms with E-state index in [4.69, 9.17) is 4.98 Å². The Morgan fingerprint density at radius 2 is 2.03 bits per heavy atom. The van der Waals surface area contributed by atoms with Crippen LogP contribution in [0.3, 0.4) is 0 Å². The van der Waals surface area contributed by atoms with Gasteiger partial charge in [-0.25, -0.2) is 9.37 Å². The van der Waals surface area contributed by atoms with Crippen LogP contribution < -0.4 is 15.8 Å². The molecule has 34 heavy (non-hydrogen) atoms. The van der Waals surface area contributed by atoms with E-state index in [9.17, 15) is 14.0 Å². The van der Waals surface area contributed by atoms with E-state index < -0.39 is 5.82 Å². The van der Waals surface area contributed by atoms with Crippen molar-refractivity contribution in [3.05, 3.63) is 87.3 Å². The molecule has 0 unspecified atom stereocenters. The van der Waals surface area contributed by atoms with E-state index in [0.29, 0.717) is 41.5 Å². The predicted molar refractivity (Wildman–Crippen MR) is 134 cm³/mol. The van der Waals surface area contributed by atoms with Crippen LogP contribution in [-0.2, 0) is 11.3 Å². The summed E-state index contributed by atoms with van der Waals surface area (Å²) in [6.07, 6.45) is 1.52. The summed E-state index contributed by atoms with van der Waals surface area (Å²) in [6, 6.07) is 15.9. The molecule has 1 fully saturated rings. The Labute approximate surface area is 200 Å². The van der Waals surface area contributed by atoms with Gasteiger partial charge in [0.25, 0.3) is 5.56 Å². The third kappa shape index (κ3) is 4.59. The van der Waals surface area contributed by atoms with Crippen LogP contribution in [0.2, 0.25) is 0 Å². The third-order valence-electron chi connectivity index (χ3n) is 6.17. The average Bonchev–Trinajstić information content (AvgIpc) is 3.31. The van der Waals surface area contributed by atoms with E-state index in [1.807, 2.05) is 47.5 Å². The van der Waals surface area contributed by atoms with Gasteiger partial charge in [-0.15, -0.1) is 11.3 Å². The van der Waals surface area contributed by atoms with E-state index in [0.717, 1.165) is 24.0 Å². The maximum Gasteiger partial charge on any atom is 0.273 e. The monoisotopic (exact) mass is 476 g/mol. The molecule has 2 aromatic heterocycles. The number of hydrogen-bond acceptors (Lipinski definition) is 5. The SMILES string of the molecule is Cc1ccc(Cn2c(N3CCC[C@@H](C(=O)Nc4cccc(F)c4)C3)nc3ccsc3c2=O)cc1. The highest BCUT2D eigenvalue weighted by Crippen LogP contribution is 2.26. The number of carbonyl (C=O) groups excluding carboxylic acids is 1. The van der Waals surface area contributed by atoms with Gasteiger partial charge in [-0.1, -0.05) is 35.9 Å². The lowest BCUT2D eigenvalue weighted by Gasteiger charge is -2.34. The normalized spacial score (nSPS) is 16.1. The molecule has 1 atom stereocenters. The Hall–Kier alpha value is -3.52. The molecule has 1 aliphatic heterocycles. The van der Waals surface area contributed by atoms with Crippen molar-refractivity contribution < 1.29 is 9.18 Å². The van der Waals surface area contributed by atoms with Crippen LogP contribution in [0.4, 0.5) is 16.0 Å². The van der Waals surface area contributed by atoms with Crippen LogP contribution in [0.25, 0.3) is 10.2 Å². The van der Waals surface area contributed by atoms with Gasteiger partial charge < -0.3 is 10.2 Å². The molecule has 0 radical (unpaired) electrons. The largest absolute Gasteiger partial charge is 0.341 e. The lowest BCUT2D eigenvalue weighted by Crippen LogP contribution is -2.43. The summed E-state index contributed by atoms with van der Waals surface area (Å²) < 4.78 is 15.9. The van der Waals surface area contributed by atoms with Gasteiger partial charge in [0.15, 0.2) is 0 Å². The van der Waals surface area contributed by atoms with E-state index in [-0.39, 0.29) is 17.4 Å². The van der Waals surface area contributed by atoms with Crippen molar-refractivity contribution in [1.82, 2.24) is 9.55 Å². The third-order valence-corrected chi connectivity index (χ3v) is 7.07. The highest BCUT2D eigenvalue weighted by Gasteiger charge is 2.29. The lowest BCUT2D eigenvalue weighted by molar-refractivity contribution is -0.120. The summed E-state index contributed by atoms with van der Waals surface area (Å²) in [5, 5.41) is 4.71. The zero-order chi connectivity index (χ0) is 23.7. The number of benzene rings is 2. The number of aryl methyl sites for hydroxylation is 1. The smallest absolute Gasteiger partial charge is 0.273 e. The zero-order valence-corrected chi connectivity index (χ0v) is 19.6. The molecule has 2 aromatic carbocycles. The minimum Gasteiger partial charge on any atom is -0.341 e. The van der Waals surface area contributed by atoms with Crippen molar-refractivity contribution in [3.8, 4) is 0 Å². The summed E-state index contributed by atoms with van der Waals surface area (Å²) in [4.78, 5) is 33.2. The number of anilines is 2. The van der Waals surface area contributed by atoms with Crippen LogP contribution >= 0.6 is 11.3 Å². The summed E-state index contributed by atoms with van der Waals surface area (Å²) in [5.74, 6) is -0.254. The first-order valence-corrected chi connectivity index (χ1v) is 12.2. The molecular weight excluding hydrogens is 451 g/mol. The van der Waals surface area contributed by atoms with Crippen molar-refractivity contribution in [2.75, 3.05) is 23.3 Å². The molecule has 6 nitrogen and oxygen atoms in total. The number of halogens is 1. The molecule has 1 saturated heterocycles. The second-order valence-electron chi connectivity index (χ2n) is 8.71. The molecule has 5 rings (SSSR count). The fourth-order valence-corrected chi connectivity index (χ4v) is 5.15. The second kappa shape index (κ2) is 9.38. The van der Waals surface area contributed by atoms with Gasteiger partial charge in [0.1, 0.15) is 10.5 Å². The number of nitrogens with one attached hydrogen (secondary N) is 1. The van der Waals surface area contributed by atoms with Crippen LogP contribution in [0.15, 0.2) is 64.8 Å². The molecular formula is C26H25FN4O2S. The number of thiophene rings is 1. The van der Waals surface area contributed by atoms with Crippen LogP contribution in [0, 0.1) is 18.7 Å². The maximum absolute atomic E-state index is 13.5. The van der Waals surface area contributed by atoms with Gasteiger partial charge in [-0.05, 0) is 55.0 Å². The minimum absolute atomic E-state index is 0.0677. The van der Waals surface area contributed by atoms with Crippen molar-refractivity contribution in [3.63, 3.8) is 0 Å². The number of aromatic nitrogens is 2. The molecule has 174 valence electrons. The van der Waals surface area contributed by atoms with Crippen molar-refractivity contribution in [1.29, 1.82) is 0 Å². The minimum atomic E-state index is -0.392. The molecule has 3 heterocycles. The Bertz CT molecular complexity index is 1400. The van der Waals surface area contributed by atoms with Crippen LogP contribution in [0.1, 0.15) is 24.0 Å². The highest BCUT2D eigenvalue weighted by atomic mass is 32.1. The standard InChI is InChI=1S/C26H25FN4O2S/c1-17-7-9-18(10-8-17)15-31-25(33)23-22(11-13-34-23)29-26(31)30-12-3-4-19(16-30)24(32)28-21-6-2-5-20(27)14-21/h2,5-11,13-14,19H,3-4,12,15-16H2,1H3,(H,28,32)/t19-/m1/s1. The molecule has 8 heteroatoms. The highest BCUT2D eigenvalue weighted by molar-refractivity contribution is 7.17. The predicted octanol–water partition coefficient (Wildman–Crippen LogP) is 4.81.